The molecule has 0 spiro atoms. The molecule has 0 aromatic carbocycles. The minimum absolute atomic E-state index is 0.0843. The van der Waals surface area contributed by atoms with Gasteiger partial charge < -0.3 is 5.32 Å². The third-order valence-corrected chi connectivity index (χ3v) is 3.11. The average molecular weight is 274 g/mol. The van der Waals surface area contributed by atoms with Gasteiger partial charge in [0.25, 0.3) is 0 Å². The van der Waals surface area contributed by atoms with E-state index in [1.165, 1.54) is 11.8 Å². The fourth-order valence-corrected chi connectivity index (χ4v) is 2.27. The second-order valence-electron chi connectivity index (χ2n) is 4.01. The maximum atomic E-state index is 11.7. The Labute approximate surface area is 115 Å². The number of nitrogens with zero attached hydrogens (tertiary/aromatic N) is 3. The zero-order valence-corrected chi connectivity index (χ0v) is 11.6. The molecule has 0 unspecified atom stereocenters. The lowest BCUT2D eigenvalue weighted by molar-refractivity contribution is -0.113. The number of pyridine rings is 1. The van der Waals surface area contributed by atoms with Gasteiger partial charge in [0.05, 0.1) is 5.75 Å². The zero-order valence-electron chi connectivity index (χ0n) is 10.8. The number of amides is 1. The minimum atomic E-state index is -0.0843. The van der Waals surface area contributed by atoms with Crippen molar-refractivity contribution in [2.24, 2.45) is 0 Å². The van der Waals surface area contributed by atoms with Gasteiger partial charge in [0.1, 0.15) is 0 Å². The molecule has 1 N–H and O–H groups in total. The van der Waals surface area contributed by atoms with Crippen LogP contribution in [0.3, 0.4) is 0 Å². The van der Waals surface area contributed by atoms with Crippen molar-refractivity contribution in [2.75, 3.05) is 11.1 Å². The molecule has 0 aliphatic carbocycles. The third kappa shape index (κ3) is 4.33. The molecule has 19 heavy (non-hydrogen) atoms. The quantitative estimate of drug-likeness (QED) is 0.684. The fraction of sp³-hybridized carbons (Fsp3) is 0.231. The van der Waals surface area contributed by atoms with Crippen LogP contribution in [0.25, 0.3) is 0 Å². The SMILES string of the molecule is Cc1cc(C)nc(SCC(=O)Nc2ccncc2)n1. The van der Waals surface area contributed by atoms with E-state index in [-0.39, 0.29) is 11.7 Å². The Morgan fingerprint density at radius 1 is 1.21 bits per heavy atom. The highest BCUT2D eigenvalue weighted by molar-refractivity contribution is 7.99. The first-order valence-electron chi connectivity index (χ1n) is 5.78. The van der Waals surface area contributed by atoms with Crippen molar-refractivity contribution in [1.82, 2.24) is 15.0 Å². The van der Waals surface area contributed by atoms with Crippen molar-refractivity contribution in [3.63, 3.8) is 0 Å². The predicted octanol–water partition coefficient (Wildman–Crippen LogP) is 2.22. The Kier molecular flexibility index (Phi) is 4.46. The van der Waals surface area contributed by atoms with Gasteiger partial charge in [-0.15, -0.1) is 0 Å². The number of anilines is 1. The molecule has 98 valence electrons. The maximum Gasteiger partial charge on any atom is 0.234 e. The molecule has 0 radical (unpaired) electrons. The van der Waals surface area contributed by atoms with Crippen molar-refractivity contribution in [3.8, 4) is 0 Å². The molecule has 2 aromatic heterocycles. The van der Waals surface area contributed by atoms with E-state index >= 15 is 0 Å². The monoisotopic (exact) mass is 274 g/mol. The van der Waals surface area contributed by atoms with Crippen LogP contribution in [0.5, 0.6) is 0 Å². The van der Waals surface area contributed by atoms with E-state index in [0.717, 1.165) is 17.1 Å². The van der Waals surface area contributed by atoms with Crippen molar-refractivity contribution in [2.45, 2.75) is 19.0 Å². The van der Waals surface area contributed by atoms with Gasteiger partial charge in [0.2, 0.25) is 5.91 Å². The Hall–Kier alpha value is -1.95. The zero-order chi connectivity index (χ0) is 13.7. The van der Waals surface area contributed by atoms with Crippen LogP contribution in [-0.2, 0) is 4.79 Å². The van der Waals surface area contributed by atoms with Crippen LogP contribution in [0, 0.1) is 13.8 Å². The van der Waals surface area contributed by atoms with Crippen molar-refractivity contribution in [1.29, 1.82) is 0 Å². The first-order valence-corrected chi connectivity index (χ1v) is 6.77. The summed E-state index contributed by atoms with van der Waals surface area (Å²) >= 11 is 1.33. The summed E-state index contributed by atoms with van der Waals surface area (Å²) in [5.41, 5.74) is 2.55. The van der Waals surface area contributed by atoms with E-state index in [2.05, 4.69) is 20.3 Å². The van der Waals surface area contributed by atoms with E-state index in [1.54, 1.807) is 24.5 Å². The predicted molar refractivity (Wildman–Crippen MR) is 75.1 cm³/mol. The van der Waals surface area contributed by atoms with Gasteiger partial charge in [-0.3, -0.25) is 9.78 Å². The average Bonchev–Trinajstić information content (AvgIpc) is 2.36. The molecule has 2 aromatic rings. The van der Waals surface area contributed by atoms with E-state index in [0.29, 0.717) is 5.16 Å². The molecule has 5 nitrogen and oxygen atoms in total. The molecule has 0 saturated heterocycles. The molecule has 1 amide bonds. The summed E-state index contributed by atoms with van der Waals surface area (Å²) in [5.74, 6) is 0.199. The summed E-state index contributed by atoms with van der Waals surface area (Å²) in [6, 6.07) is 5.40. The van der Waals surface area contributed by atoms with Crippen molar-refractivity contribution < 1.29 is 4.79 Å². The molecule has 2 heterocycles. The van der Waals surface area contributed by atoms with Gasteiger partial charge in [-0.2, -0.15) is 0 Å². The second-order valence-corrected chi connectivity index (χ2v) is 4.95. The van der Waals surface area contributed by atoms with Gasteiger partial charge in [-0.1, -0.05) is 11.8 Å². The maximum absolute atomic E-state index is 11.7. The van der Waals surface area contributed by atoms with Crippen LogP contribution in [0.4, 0.5) is 5.69 Å². The first kappa shape index (κ1) is 13.5. The van der Waals surface area contributed by atoms with Crippen LogP contribution in [0.1, 0.15) is 11.4 Å². The number of carbonyl (C=O) groups is 1. The standard InChI is InChI=1S/C13H14N4OS/c1-9-7-10(2)16-13(15-9)19-8-12(18)17-11-3-5-14-6-4-11/h3-7H,8H2,1-2H3,(H,14,17,18). The summed E-state index contributed by atoms with van der Waals surface area (Å²) in [6.45, 7) is 3.82. The summed E-state index contributed by atoms with van der Waals surface area (Å²) in [7, 11) is 0. The van der Waals surface area contributed by atoms with Gasteiger partial charge in [0, 0.05) is 29.5 Å². The van der Waals surface area contributed by atoms with E-state index in [1.807, 2.05) is 19.9 Å². The molecular formula is C13H14N4OS. The number of rotatable bonds is 4. The van der Waals surface area contributed by atoms with E-state index in [4.69, 9.17) is 0 Å². The normalized spacial score (nSPS) is 10.2. The van der Waals surface area contributed by atoms with Crippen LogP contribution in [0.15, 0.2) is 35.7 Å². The summed E-state index contributed by atoms with van der Waals surface area (Å²) in [4.78, 5) is 24.2. The molecule has 6 heteroatoms. The number of aromatic nitrogens is 3. The lowest BCUT2D eigenvalue weighted by Crippen LogP contribution is -2.14. The number of thioether (sulfide) groups is 1. The molecule has 0 aliphatic heterocycles. The van der Waals surface area contributed by atoms with Crippen LogP contribution in [0.2, 0.25) is 0 Å². The summed E-state index contributed by atoms with van der Waals surface area (Å²) < 4.78 is 0. The Morgan fingerprint density at radius 3 is 2.47 bits per heavy atom. The highest BCUT2D eigenvalue weighted by Crippen LogP contribution is 2.14. The molecule has 0 fully saturated rings. The lowest BCUT2D eigenvalue weighted by atomic mass is 10.4. The molecule has 0 atom stereocenters. The van der Waals surface area contributed by atoms with E-state index < -0.39 is 0 Å². The Morgan fingerprint density at radius 2 is 1.84 bits per heavy atom. The molecule has 0 saturated carbocycles. The summed E-state index contributed by atoms with van der Waals surface area (Å²) in [6.07, 6.45) is 3.27. The molecule has 0 aliphatic rings. The highest BCUT2D eigenvalue weighted by atomic mass is 32.2. The first-order chi connectivity index (χ1) is 9.13. The highest BCUT2D eigenvalue weighted by Gasteiger charge is 2.06. The number of hydrogen-bond donors (Lipinski definition) is 1. The Balaban J connectivity index is 1.90. The van der Waals surface area contributed by atoms with Crippen molar-refractivity contribution in [3.05, 3.63) is 42.0 Å². The fourth-order valence-electron chi connectivity index (χ4n) is 1.52. The van der Waals surface area contributed by atoms with Crippen LogP contribution < -0.4 is 5.32 Å². The molecule has 2 rings (SSSR count). The second kappa shape index (κ2) is 6.29. The third-order valence-electron chi connectivity index (χ3n) is 2.26. The summed E-state index contributed by atoms with van der Waals surface area (Å²) in [5, 5.41) is 3.41. The number of aryl methyl sites for hydroxylation is 2. The van der Waals surface area contributed by atoms with E-state index in [9.17, 15) is 4.79 Å². The largest absolute Gasteiger partial charge is 0.325 e. The van der Waals surface area contributed by atoms with Crippen LogP contribution in [-0.4, -0.2) is 26.6 Å². The topological polar surface area (TPSA) is 67.8 Å². The number of carbonyl (C=O) groups excluding carboxylic acids is 1. The van der Waals surface area contributed by atoms with Crippen molar-refractivity contribution >= 4 is 23.4 Å². The lowest BCUT2D eigenvalue weighted by Gasteiger charge is -2.05. The number of hydrogen-bond acceptors (Lipinski definition) is 5. The van der Waals surface area contributed by atoms with Gasteiger partial charge >= 0.3 is 0 Å². The Bertz CT molecular complexity index is 554. The number of nitrogens with one attached hydrogen (secondary N) is 1. The van der Waals surface area contributed by atoms with Crippen LogP contribution >= 0.6 is 11.8 Å². The molecule has 0 bridgehead atoms. The minimum Gasteiger partial charge on any atom is -0.325 e. The van der Waals surface area contributed by atoms with Gasteiger partial charge in [-0.25, -0.2) is 9.97 Å². The van der Waals surface area contributed by atoms with Gasteiger partial charge in [0.15, 0.2) is 5.16 Å². The van der Waals surface area contributed by atoms with Gasteiger partial charge in [-0.05, 0) is 32.0 Å². The smallest absolute Gasteiger partial charge is 0.234 e. The molecular weight excluding hydrogens is 260 g/mol.